The smallest absolute Gasteiger partial charge is 0.263 e. The van der Waals surface area contributed by atoms with E-state index >= 15 is 0 Å². The van der Waals surface area contributed by atoms with Gasteiger partial charge in [0.25, 0.3) is 10.0 Å². The second-order valence-electron chi connectivity index (χ2n) is 3.77. The number of hydrogen-bond donors (Lipinski definition) is 1. The highest BCUT2D eigenvalue weighted by molar-refractivity contribution is 7.92. The molecule has 0 aliphatic rings. The van der Waals surface area contributed by atoms with Crippen LogP contribution in [0.4, 0.5) is 5.69 Å². The zero-order chi connectivity index (χ0) is 14.0. The second-order valence-corrected chi connectivity index (χ2v) is 5.82. The first-order valence-corrected chi connectivity index (χ1v) is 6.99. The number of nitrogens with one attached hydrogen (secondary N) is 1. The van der Waals surface area contributed by atoms with E-state index in [1.54, 1.807) is 7.05 Å². The SMILES string of the molecule is Cn1cc(NS(=O)(=O)c2cc(C#N)ccc2Cl)cn1. The molecule has 0 atom stereocenters. The van der Waals surface area contributed by atoms with Gasteiger partial charge in [-0.05, 0) is 18.2 Å². The summed E-state index contributed by atoms with van der Waals surface area (Å²) in [7, 11) is -2.18. The van der Waals surface area contributed by atoms with E-state index < -0.39 is 10.0 Å². The molecule has 0 spiro atoms. The summed E-state index contributed by atoms with van der Waals surface area (Å²) in [5.74, 6) is 0. The molecule has 0 unspecified atom stereocenters. The lowest BCUT2D eigenvalue weighted by atomic mass is 10.2. The Bertz CT molecular complexity index is 761. The Morgan fingerprint density at radius 1 is 1.47 bits per heavy atom. The number of benzene rings is 1. The van der Waals surface area contributed by atoms with Crippen LogP contribution < -0.4 is 4.72 Å². The number of halogens is 1. The predicted molar refractivity (Wildman–Crippen MR) is 70.2 cm³/mol. The lowest BCUT2D eigenvalue weighted by molar-refractivity contribution is 0.601. The monoisotopic (exact) mass is 296 g/mol. The number of aryl methyl sites for hydroxylation is 1. The van der Waals surface area contributed by atoms with Crippen LogP contribution in [0.1, 0.15) is 5.56 Å². The molecule has 0 bridgehead atoms. The third-order valence-corrected chi connectivity index (χ3v) is 4.17. The fraction of sp³-hybridized carbons (Fsp3) is 0.0909. The zero-order valence-corrected chi connectivity index (χ0v) is 11.4. The van der Waals surface area contributed by atoms with Crippen LogP contribution in [0.3, 0.4) is 0 Å². The van der Waals surface area contributed by atoms with Crippen LogP contribution in [0.5, 0.6) is 0 Å². The Morgan fingerprint density at radius 3 is 2.79 bits per heavy atom. The molecule has 1 N–H and O–H groups in total. The first-order valence-electron chi connectivity index (χ1n) is 5.13. The van der Waals surface area contributed by atoms with E-state index in [0.29, 0.717) is 5.69 Å². The summed E-state index contributed by atoms with van der Waals surface area (Å²) in [6, 6.07) is 5.91. The number of nitrogens with zero attached hydrogens (tertiary/aromatic N) is 3. The van der Waals surface area contributed by atoms with Gasteiger partial charge in [-0.15, -0.1) is 0 Å². The number of aromatic nitrogens is 2. The summed E-state index contributed by atoms with van der Waals surface area (Å²) < 4.78 is 28.1. The number of nitriles is 1. The van der Waals surface area contributed by atoms with E-state index in [2.05, 4.69) is 9.82 Å². The number of anilines is 1. The van der Waals surface area contributed by atoms with Gasteiger partial charge in [0, 0.05) is 13.2 Å². The van der Waals surface area contributed by atoms with E-state index in [9.17, 15) is 8.42 Å². The summed E-state index contributed by atoms with van der Waals surface area (Å²) >= 11 is 5.86. The molecule has 1 aromatic heterocycles. The van der Waals surface area contributed by atoms with Crippen molar-refractivity contribution in [3.8, 4) is 6.07 Å². The zero-order valence-electron chi connectivity index (χ0n) is 9.83. The van der Waals surface area contributed by atoms with Gasteiger partial charge in [0.15, 0.2) is 0 Å². The molecule has 0 saturated carbocycles. The van der Waals surface area contributed by atoms with Crippen molar-refractivity contribution in [2.45, 2.75) is 4.90 Å². The summed E-state index contributed by atoms with van der Waals surface area (Å²) in [4.78, 5) is -0.142. The third-order valence-electron chi connectivity index (χ3n) is 2.31. The highest BCUT2D eigenvalue weighted by atomic mass is 35.5. The average Bonchev–Trinajstić information content (AvgIpc) is 2.74. The number of hydrogen-bond acceptors (Lipinski definition) is 4. The van der Waals surface area contributed by atoms with E-state index in [-0.39, 0.29) is 15.5 Å². The largest absolute Gasteiger partial charge is 0.276 e. The third kappa shape index (κ3) is 2.86. The number of sulfonamides is 1. The van der Waals surface area contributed by atoms with Crippen molar-refractivity contribution >= 4 is 27.3 Å². The van der Waals surface area contributed by atoms with Crippen molar-refractivity contribution < 1.29 is 8.42 Å². The van der Waals surface area contributed by atoms with Crippen LogP contribution in [0.25, 0.3) is 0 Å². The Kier molecular flexibility index (Phi) is 3.46. The number of rotatable bonds is 3. The van der Waals surface area contributed by atoms with Gasteiger partial charge in [-0.3, -0.25) is 9.40 Å². The molecule has 0 aliphatic heterocycles. The molecule has 8 heteroatoms. The Balaban J connectivity index is 2.42. The van der Waals surface area contributed by atoms with Gasteiger partial charge < -0.3 is 0 Å². The molecule has 0 radical (unpaired) electrons. The Labute approximate surface area is 115 Å². The van der Waals surface area contributed by atoms with Gasteiger partial charge in [0.2, 0.25) is 0 Å². The quantitative estimate of drug-likeness (QED) is 0.934. The second kappa shape index (κ2) is 4.91. The maximum absolute atomic E-state index is 12.2. The van der Waals surface area contributed by atoms with E-state index in [0.717, 1.165) is 0 Å². The maximum Gasteiger partial charge on any atom is 0.263 e. The van der Waals surface area contributed by atoms with Crippen LogP contribution in [-0.4, -0.2) is 18.2 Å². The maximum atomic E-state index is 12.2. The normalized spacial score (nSPS) is 11.0. The molecule has 0 fully saturated rings. The molecule has 0 saturated heterocycles. The van der Waals surface area contributed by atoms with E-state index in [1.807, 2.05) is 6.07 Å². The fourth-order valence-corrected chi connectivity index (χ4v) is 3.02. The van der Waals surface area contributed by atoms with E-state index in [1.165, 1.54) is 35.3 Å². The molecule has 2 aromatic rings. The van der Waals surface area contributed by atoms with Gasteiger partial charge in [-0.1, -0.05) is 11.6 Å². The molecule has 1 heterocycles. The molecule has 0 amide bonds. The summed E-state index contributed by atoms with van der Waals surface area (Å²) in [6.45, 7) is 0. The van der Waals surface area contributed by atoms with Crippen LogP contribution in [0, 0.1) is 11.3 Å². The van der Waals surface area contributed by atoms with E-state index in [4.69, 9.17) is 16.9 Å². The molecule has 2 rings (SSSR count). The lowest BCUT2D eigenvalue weighted by Gasteiger charge is -2.07. The van der Waals surface area contributed by atoms with Crippen LogP contribution in [0.15, 0.2) is 35.5 Å². The molecule has 0 aliphatic carbocycles. The molecule has 6 nitrogen and oxygen atoms in total. The van der Waals surface area contributed by atoms with Crippen molar-refractivity contribution in [1.82, 2.24) is 9.78 Å². The van der Waals surface area contributed by atoms with Crippen molar-refractivity contribution in [3.63, 3.8) is 0 Å². The van der Waals surface area contributed by atoms with Gasteiger partial charge in [0.1, 0.15) is 4.90 Å². The minimum Gasteiger partial charge on any atom is -0.276 e. The van der Waals surface area contributed by atoms with Gasteiger partial charge in [-0.25, -0.2) is 8.42 Å². The minimum absolute atomic E-state index is 0.0513. The molecule has 1 aromatic carbocycles. The van der Waals surface area contributed by atoms with Gasteiger partial charge in [-0.2, -0.15) is 10.4 Å². The predicted octanol–water partition coefficient (Wildman–Crippen LogP) is 1.75. The Hall–Kier alpha value is -2.04. The first kappa shape index (κ1) is 13.4. The van der Waals surface area contributed by atoms with Crippen LogP contribution >= 0.6 is 11.6 Å². The van der Waals surface area contributed by atoms with Gasteiger partial charge in [0.05, 0.1) is 28.5 Å². The molecular formula is C11H9ClN4O2S. The first-order chi connectivity index (χ1) is 8.92. The summed E-state index contributed by atoms with van der Waals surface area (Å²) in [5.41, 5.74) is 0.539. The molecule has 19 heavy (non-hydrogen) atoms. The summed E-state index contributed by atoms with van der Waals surface area (Å²) in [6.07, 6.45) is 2.89. The molecule has 98 valence electrons. The molecular weight excluding hydrogens is 288 g/mol. The topological polar surface area (TPSA) is 87.8 Å². The highest BCUT2D eigenvalue weighted by Gasteiger charge is 2.19. The van der Waals surface area contributed by atoms with Crippen LogP contribution in [0.2, 0.25) is 5.02 Å². The fourth-order valence-electron chi connectivity index (χ4n) is 1.46. The minimum atomic E-state index is -3.85. The van der Waals surface area contributed by atoms with Crippen molar-refractivity contribution in [2.75, 3.05) is 4.72 Å². The summed E-state index contributed by atoms with van der Waals surface area (Å²) in [5, 5.41) is 12.7. The van der Waals surface area contributed by atoms with Gasteiger partial charge >= 0.3 is 0 Å². The standard InChI is InChI=1S/C11H9ClN4O2S/c1-16-7-9(6-14-16)15-19(17,18)11-4-8(5-13)2-3-10(11)12/h2-4,6-7,15H,1H3. The van der Waals surface area contributed by atoms with Crippen molar-refractivity contribution in [2.24, 2.45) is 7.05 Å². The van der Waals surface area contributed by atoms with Crippen molar-refractivity contribution in [1.29, 1.82) is 5.26 Å². The highest BCUT2D eigenvalue weighted by Crippen LogP contribution is 2.24. The average molecular weight is 297 g/mol. The Morgan fingerprint density at radius 2 is 2.21 bits per heavy atom. The van der Waals surface area contributed by atoms with Crippen molar-refractivity contribution in [3.05, 3.63) is 41.2 Å². The van der Waals surface area contributed by atoms with Crippen LogP contribution in [-0.2, 0) is 17.1 Å². The lowest BCUT2D eigenvalue weighted by Crippen LogP contribution is -2.13.